The fourth-order valence-electron chi connectivity index (χ4n) is 2.52. The van der Waals surface area contributed by atoms with Gasteiger partial charge in [0, 0.05) is 0 Å². The molecule has 1 amide bonds. The Morgan fingerprint density at radius 2 is 1.59 bits per heavy atom. The molecule has 6 nitrogen and oxygen atoms in total. The van der Waals surface area contributed by atoms with Gasteiger partial charge in [0.25, 0.3) is 5.91 Å². The summed E-state index contributed by atoms with van der Waals surface area (Å²) >= 11 is 0. The second kappa shape index (κ2) is 10.2. The number of carbonyl (C=O) groups excluding carboxylic acids is 1. The maximum absolute atomic E-state index is 12.3. The second-order valence-electron chi connectivity index (χ2n) is 6.19. The summed E-state index contributed by atoms with van der Waals surface area (Å²) in [6.07, 6.45) is 0.926. The molecule has 0 heterocycles. The Balaban J connectivity index is 1.94. The molecule has 2 unspecified atom stereocenters. The molecule has 0 spiro atoms. The number of ether oxygens (including phenoxy) is 2. The van der Waals surface area contributed by atoms with Gasteiger partial charge in [0.1, 0.15) is 11.5 Å². The second-order valence-corrected chi connectivity index (χ2v) is 6.19. The van der Waals surface area contributed by atoms with E-state index in [9.17, 15) is 14.7 Å². The van der Waals surface area contributed by atoms with Crippen LogP contribution in [0.1, 0.15) is 31.9 Å². The number of hydrogen-bond acceptors (Lipinski definition) is 4. The molecule has 0 aliphatic carbocycles. The third kappa shape index (κ3) is 6.33. The summed E-state index contributed by atoms with van der Waals surface area (Å²) in [7, 11) is 0. The maximum atomic E-state index is 12.3. The molecule has 2 aromatic carbocycles. The highest BCUT2D eigenvalue weighted by Crippen LogP contribution is 2.22. The molecule has 27 heavy (non-hydrogen) atoms. The van der Waals surface area contributed by atoms with Gasteiger partial charge in [-0.05, 0) is 43.2 Å². The summed E-state index contributed by atoms with van der Waals surface area (Å²) in [6.45, 7) is 4.04. The monoisotopic (exact) mass is 371 g/mol. The number of hydrogen-bond donors (Lipinski definition) is 2. The van der Waals surface area contributed by atoms with Crippen LogP contribution in [0.3, 0.4) is 0 Å². The van der Waals surface area contributed by atoms with Gasteiger partial charge < -0.3 is 19.9 Å². The molecule has 0 saturated heterocycles. The standard InChI is InChI=1S/C21H25NO5/c1-3-13-26-17-9-11-18(12-10-17)27-14-19(23)22-20(15(2)21(24)25)16-7-5-4-6-8-16/h4-12,15,20H,3,13-14H2,1-2H3,(H,22,23)(H,24,25). The lowest BCUT2D eigenvalue weighted by Gasteiger charge is -2.23. The lowest BCUT2D eigenvalue weighted by molar-refractivity contribution is -0.142. The summed E-state index contributed by atoms with van der Waals surface area (Å²) in [4.78, 5) is 23.7. The van der Waals surface area contributed by atoms with Crippen molar-refractivity contribution in [1.29, 1.82) is 0 Å². The highest BCUT2D eigenvalue weighted by molar-refractivity contribution is 5.79. The van der Waals surface area contributed by atoms with Gasteiger partial charge in [-0.2, -0.15) is 0 Å². The van der Waals surface area contributed by atoms with E-state index >= 15 is 0 Å². The summed E-state index contributed by atoms with van der Waals surface area (Å²) < 4.78 is 11.0. The Bertz CT molecular complexity index is 730. The molecule has 0 saturated carbocycles. The topological polar surface area (TPSA) is 84.9 Å². The quantitative estimate of drug-likeness (QED) is 0.668. The third-order valence-corrected chi connectivity index (χ3v) is 4.03. The van der Waals surface area contributed by atoms with Crippen molar-refractivity contribution in [2.45, 2.75) is 26.3 Å². The van der Waals surface area contributed by atoms with Gasteiger partial charge in [-0.15, -0.1) is 0 Å². The first-order valence-electron chi connectivity index (χ1n) is 8.94. The van der Waals surface area contributed by atoms with E-state index in [-0.39, 0.29) is 12.5 Å². The van der Waals surface area contributed by atoms with Crippen molar-refractivity contribution < 1.29 is 24.2 Å². The van der Waals surface area contributed by atoms with Crippen LogP contribution in [0.4, 0.5) is 0 Å². The van der Waals surface area contributed by atoms with Gasteiger partial charge in [0.15, 0.2) is 6.61 Å². The summed E-state index contributed by atoms with van der Waals surface area (Å²) in [5, 5.41) is 12.1. The van der Waals surface area contributed by atoms with Crippen LogP contribution >= 0.6 is 0 Å². The zero-order chi connectivity index (χ0) is 19.6. The molecule has 0 aliphatic rings. The molecule has 0 bridgehead atoms. The molecule has 0 aromatic heterocycles. The van der Waals surface area contributed by atoms with Crippen molar-refractivity contribution in [3.8, 4) is 11.5 Å². The molecule has 6 heteroatoms. The number of carboxylic acids is 1. The van der Waals surface area contributed by atoms with Crippen molar-refractivity contribution in [1.82, 2.24) is 5.32 Å². The zero-order valence-electron chi connectivity index (χ0n) is 15.6. The largest absolute Gasteiger partial charge is 0.494 e. The van der Waals surface area contributed by atoms with E-state index in [2.05, 4.69) is 5.32 Å². The molecule has 2 rings (SSSR count). The molecule has 0 fully saturated rings. The van der Waals surface area contributed by atoms with Gasteiger partial charge in [-0.25, -0.2) is 0 Å². The van der Waals surface area contributed by atoms with Gasteiger partial charge in [-0.3, -0.25) is 9.59 Å². The first-order chi connectivity index (χ1) is 13.0. The van der Waals surface area contributed by atoms with E-state index in [4.69, 9.17) is 9.47 Å². The SMILES string of the molecule is CCCOc1ccc(OCC(=O)NC(c2ccccc2)C(C)C(=O)O)cc1. The third-order valence-electron chi connectivity index (χ3n) is 4.03. The molecule has 0 radical (unpaired) electrons. The van der Waals surface area contributed by atoms with E-state index in [1.165, 1.54) is 0 Å². The van der Waals surface area contributed by atoms with E-state index < -0.39 is 17.9 Å². The van der Waals surface area contributed by atoms with Crippen LogP contribution in [0, 0.1) is 5.92 Å². The first kappa shape index (κ1) is 20.3. The van der Waals surface area contributed by atoms with Gasteiger partial charge in [0.2, 0.25) is 0 Å². The minimum absolute atomic E-state index is 0.204. The average molecular weight is 371 g/mol. The van der Waals surface area contributed by atoms with E-state index in [0.717, 1.165) is 17.7 Å². The number of amides is 1. The lowest BCUT2D eigenvalue weighted by atomic mass is 9.94. The molecule has 2 atom stereocenters. The molecular weight excluding hydrogens is 346 g/mol. The number of nitrogens with one attached hydrogen (secondary N) is 1. The molecule has 2 aromatic rings. The Hall–Kier alpha value is -3.02. The average Bonchev–Trinajstić information content (AvgIpc) is 2.69. The zero-order valence-corrected chi connectivity index (χ0v) is 15.6. The lowest BCUT2D eigenvalue weighted by Crippen LogP contribution is -2.38. The normalized spacial score (nSPS) is 12.7. The summed E-state index contributed by atoms with van der Waals surface area (Å²) in [5.74, 6) is -0.855. The van der Waals surface area contributed by atoms with Gasteiger partial charge in [0.05, 0.1) is 18.6 Å². The van der Waals surface area contributed by atoms with E-state index in [1.54, 1.807) is 43.3 Å². The maximum Gasteiger partial charge on any atom is 0.308 e. The van der Waals surface area contributed by atoms with Crippen molar-refractivity contribution in [2.24, 2.45) is 5.92 Å². The fourth-order valence-corrected chi connectivity index (χ4v) is 2.52. The predicted molar refractivity (Wildman–Crippen MR) is 102 cm³/mol. The van der Waals surface area contributed by atoms with Crippen LogP contribution in [0.5, 0.6) is 11.5 Å². The molecule has 2 N–H and O–H groups in total. The Morgan fingerprint density at radius 3 is 2.15 bits per heavy atom. The van der Waals surface area contributed by atoms with Gasteiger partial charge >= 0.3 is 5.97 Å². The molecule has 144 valence electrons. The highest BCUT2D eigenvalue weighted by atomic mass is 16.5. The predicted octanol–water partition coefficient (Wildman–Crippen LogP) is 3.43. The fraction of sp³-hybridized carbons (Fsp3) is 0.333. The number of carboxylic acid groups (broad SMARTS) is 1. The van der Waals surface area contributed by atoms with Crippen molar-refractivity contribution in [2.75, 3.05) is 13.2 Å². The van der Waals surface area contributed by atoms with Crippen molar-refractivity contribution in [3.63, 3.8) is 0 Å². The van der Waals surface area contributed by atoms with Crippen LogP contribution in [-0.4, -0.2) is 30.2 Å². The van der Waals surface area contributed by atoms with Crippen molar-refractivity contribution in [3.05, 3.63) is 60.2 Å². The Labute approximate surface area is 159 Å². The van der Waals surface area contributed by atoms with Crippen molar-refractivity contribution >= 4 is 11.9 Å². The number of rotatable bonds is 10. The van der Waals surface area contributed by atoms with Gasteiger partial charge in [-0.1, -0.05) is 37.3 Å². The smallest absolute Gasteiger partial charge is 0.308 e. The minimum atomic E-state index is -0.979. The van der Waals surface area contributed by atoms with Crippen LogP contribution in [0.15, 0.2) is 54.6 Å². The van der Waals surface area contributed by atoms with Crippen LogP contribution < -0.4 is 14.8 Å². The van der Waals surface area contributed by atoms with E-state index in [1.807, 2.05) is 25.1 Å². The number of carbonyl (C=O) groups is 2. The summed E-state index contributed by atoms with van der Waals surface area (Å²) in [5.41, 5.74) is 0.734. The minimum Gasteiger partial charge on any atom is -0.494 e. The van der Waals surface area contributed by atoms with E-state index in [0.29, 0.717) is 12.4 Å². The number of aliphatic carboxylic acids is 1. The highest BCUT2D eigenvalue weighted by Gasteiger charge is 2.26. The van der Waals surface area contributed by atoms with Crippen LogP contribution in [0.25, 0.3) is 0 Å². The molecular formula is C21H25NO5. The number of benzene rings is 2. The van der Waals surface area contributed by atoms with Crippen LogP contribution in [0.2, 0.25) is 0 Å². The first-order valence-corrected chi connectivity index (χ1v) is 8.94. The van der Waals surface area contributed by atoms with Crippen LogP contribution in [-0.2, 0) is 9.59 Å². The molecule has 0 aliphatic heterocycles. The summed E-state index contributed by atoms with van der Waals surface area (Å²) in [6, 6.07) is 15.4. The Kier molecular flexibility index (Phi) is 7.67. The Morgan fingerprint density at radius 1 is 1.00 bits per heavy atom.